The zero-order valence-corrected chi connectivity index (χ0v) is 13.9. The van der Waals surface area contributed by atoms with Crippen molar-refractivity contribution in [1.82, 2.24) is 9.88 Å². The predicted molar refractivity (Wildman–Crippen MR) is 88.0 cm³/mol. The lowest BCUT2D eigenvalue weighted by molar-refractivity contribution is -0.274. The van der Waals surface area contributed by atoms with Crippen LogP contribution >= 0.6 is 11.8 Å². The molecule has 0 saturated carbocycles. The maximum atomic E-state index is 12.4. The van der Waals surface area contributed by atoms with Crippen molar-refractivity contribution < 1.29 is 22.7 Å². The van der Waals surface area contributed by atoms with Gasteiger partial charge in [0.2, 0.25) is 5.91 Å². The molecule has 8 heteroatoms. The first-order valence-corrected chi connectivity index (χ1v) is 8.64. The van der Waals surface area contributed by atoms with Crippen LogP contribution in [0.2, 0.25) is 0 Å². The van der Waals surface area contributed by atoms with Gasteiger partial charge >= 0.3 is 6.36 Å². The molecule has 3 rings (SSSR count). The number of hydrogen-bond acceptors (Lipinski definition) is 4. The fraction of sp³-hybridized carbons (Fsp3) is 0.294. The molecular weight excluding hydrogens is 353 g/mol. The Hall–Kier alpha value is -2.22. The molecule has 1 aliphatic rings. The second-order valence-electron chi connectivity index (χ2n) is 5.44. The number of amides is 1. The van der Waals surface area contributed by atoms with Gasteiger partial charge in [-0.2, -0.15) is 0 Å². The van der Waals surface area contributed by atoms with Crippen LogP contribution in [0.5, 0.6) is 5.75 Å². The first-order chi connectivity index (χ1) is 11.9. The van der Waals surface area contributed by atoms with Crippen molar-refractivity contribution in [3.63, 3.8) is 0 Å². The molecule has 132 valence electrons. The van der Waals surface area contributed by atoms with Crippen LogP contribution in [0.15, 0.2) is 48.7 Å². The Labute approximate surface area is 147 Å². The normalized spacial score (nSPS) is 17.8. The highest BCUT2D eigenvalue weighted by molar-refractivity contribution is 8.00. The van der Waals surface area contributed by atoms with Crippen LogP contribution in [-0.2, 0) is 11.2 Å². The average molecular weight is 368 g/mol. The lowest BCUT2D eigenvalue weighted by atomic mass is 10.2. The second-order valence-corrected chi connectivity index (χ2v) is 6.51. The summed E-state index contributed by atoms with van der Waals surface area (Å²) < 4.78 is 41.2. The van der Waals surface area contributed by atoms with E-state index < -0.39 is 6.36 Å². The van der Waals surface area contributed by atoms with Gasteiger partial charge in [-0.05, 0) is 29.8 Å². The molecule has 4 nitrogen and oxygen atoms in total. The third-order valence-corrected chi connectivity index (χ3v) is 4.94. The number of hydrogen-bond donors (Lipinski definition) is 0. The number of ether oxygens (including phenoxy) is 1. The highest BCUT2D eigenvalue weighted by atomic mass is 32.2. The quantitative estimate of drug-likeness (QED) is 0.805. The van der Waals surface area contributed by atoms with Crippen LogP contribution in [0, 0.1) is 0 Å². The van der Waals surface area contributed by atoms with Crippen molar-refractivity contribution in [1.29, 1.82) is 0 Å². The summed E-state index contributed by atoms with van der Waals surface area (Å²) in [6, 6.07) is 11.3. The zero-order valence-electron chi connectivity index (χ0n) is 13.1. The summed E-state index contributed by atoms with van der Waals surface area (Å²) in [6.45, 7) is 0.456. The van der Waals surface area contributed by atoms with Gasteiger partial charge in [-0.15, -0.1) is 24.9 Å². The molecule has 0 bridgehead atoms. The summed E-state index contributed by atoms with van der Waals surface area (Å²) in [7, 11) is 0. The molecule has 1 atom stereocenters. The fourth-order valence-corrected chi connectivity index (χ4v) is 3.83. The van der Waals surface area contributed by atoms with E-state index in [1.165, 1.54) is 30.0 Å². The van der Waals surface area contributed by atoms with Crippen molar-refractivity contribution in [3.8, 4) is 5.75 Å². The molecule has 25 heavy (non-hydrogen) atoms. The number of benzene rings is 1. The highest BCUT2D eigenvalue weighted by Crippen LogP contribution is 2.40. The molecule has 0 N–H and O–H groups in total. The van der Waals surface area contributed by atoms with Gasteiger partial charge in [-0.3, -0.25) is 9.78 Å². The molecule has 1 aromatic heterocycles. The van der Waals surface area contributed by atoms with Gasteiger partial charge < -0.3 is 9.64 Å². The lowest BCUT2D eigenvalue weighted by Gasteiger charge is -2.24. The highest BCUT2D eigenvalue weighted by Gasteiger charge is 2.34. The summed E-state index contributed by atoms with van der Waals surface area (Å²) in [4.78, 5) is 18.1. The minimum Gasteiger partial charge on any atom is -0.406 e. The van der Waals surface area contributed by atoms with Gasteiger partial charge in [0.05, 0.1) is 5.75 Å². The Bertz CT molecular complexity index is 740. The summed E-state index contributed by atoms with van der Waals surface area (Å²) in [5.41, 5.74) is 1.47. The number of carbonyl (C=O) groups is 1. The van der Waals surface area contributed by atoms with E-state index >= 15 is 0 Å². The van der Waals surface area contributed by atoms with E-state index in [9.17, 15) is 18.0 Å². The number of thioether (sulfide) groups is 1. The van der Waals surface area contributed by atoms with Crippen LogP contribution < -0.4 is 4.74 Å². The van der Waals surface area contributed by atoms with Crippen LogP contribution in [0.1, 0.15) is 16.6 Å². The van der Waals surface area contributed by atoms with Crippen molar-refractivity contribution in [2.75, 3.05) is 12.3 Å². The van der Waals surface area contributed by atoms with E-state index in [0.29, 0.717) is 24.3 Å². The largest absolute Gasteiger partial charge is 0.573 e. The van der Waals surface area contributed by atoms with Gasteiger partial charge in [0.1, 0.15) is 11.1 Å². The molecule has 0 radical (unpaired) electrons. The molecule has 1 unspecified atom stereocenters. The fourth-order valence-electron chi connectivity index (χ4n) is 2.62. The number of alkyl halides is 3. The molecule has 2 heterocycles. The monoisotopic (exact) mass is 368 g/mol. The Morgan fingerprint density at radius 1 is 1.24 bits per heavy atom. The van der Waals surface area contributed by atoms with Crippen molar-refractivity contribution in [2.45, 2.75) is 18.2 Å². The van der Waals surface area contributed by atoms with E-state index in [1.54, 1.807) is 17.2 Å². The van der Waals surface area contributed by atoms with E-state index in [1.807, 2.05) is 18.2 Å². The molecule has 2 aromatic rings. The second kappa shape index (κ2) is 7.35. The Balaban J connectivity index is 1.74. The van der Waals surface area contributed by atoms with Crippen LogP contribution in [-0.4, -0.2) is 34.5 Å². The van der Waals surface area contributed by atoms with Gasteiger partial charge in [0.15, 0.2) is 0 Å². The minimum absolute atomic E-state index is 0.0342. The number of nitrogens with zero attached hydrogens (tertiary/aromatic N) is 2. The van der Waals surface area contributed by atoms with E-state index in [0.717, 1.165) is 5.69 Å². The van der Waals surface area contributed by atoms with Gasteiger partial charge in [-0.25, -0.2) is 0 Å². The molecule has 0 spiro atoms. The van der Waals surface area contributed by atoms with Gasteiger partial charge in [0.25, 0.3) is 0 Å². The Morgan fingerprint density at radius 3 is 2.80 bits per heavy atom. The third-order valence-electron chi connectivity index (χ3n) is 3.68. The maximum Gasteiger partial charge on any atom is 0.573 e. The Kier molecular flexibility index (Phi) is 5.17. The van der Waals surface area contributed by atoms with Gasteiger partial charge in [-0.1, -0.05) is 18.2 Å². The molecule has 0 aliphatic carbocycles. The number of rotatable bonds is 5. The SMILES string of the molecule is O=C1CSC(c2cccc(OC(F)(F)F)c2)N1CCc1ccccn1. The number of halogens is 3. The summed E-state index contributed by atoms with van der Waals surface area (Å²) in [5.74, 6) is -0.0141. The van der Waals surface area contributed by atoms with E-state index in [-0.39, 0.29) is 17.0 Å². The smallest absolute Gasteiger partial charge is 0.406 e. The molecule has 1 aromatic carbocycles. The summed E-state index contributed by atoms with van der Waals surface area (Å²) in [5, 5.41) is -0.326. The lowest BCUT2D eigenvalue weighted by Crippen LogP contribution is -2.30. The number of pyridine rings is 1. The van der Waals surface area contributed by atoms with E-state index in [4.69, 9.17) is 0 Å². The topological polar surface area (TPSA) is 42.4 Å². The van der Waals surface area contributed by atoms with Gasteiger partial charge in [0, 0.05) is 24.9 Å². The molecule has 1 amide bonds. The van der Waals surface area contributed by atoms with Crippen LogP contribution in [0.3, 0.4) is 0 Å². The van der Waals surface area contributed by atoms with Crippen LogP contribution in [0.4, 0.5) is 13.2 Å². The third kappa shape index (κ3) is 4.66. The average Bonchev–Trinajstić information content (AvgIpc) is 2.93. The maximum absolute atomic E-state index is 12.4. The first-order valence-electron chi connectivity index (χ1n) is 7.59. The van der Waals surface area contributed by atoms with Crippen molar-refractivity contribution in [2.24, 2.45) is 0 Å². The Morgan fingerprint density at radius 2 is 2.08 bits per heavy atom. The van der Waals surface area contributed by atoms with Crippen molar-refractivity contribution in [3.05, 3.63) is 59.9 Å². The molecule has 1 aliphatic heterocycles. The standard InChI is InChI=1S/C17H15F3N2O2S/c18-17(19,20)24-14-6-3-4-12(10-14)16-22(15(23)11-25-16)9-7-13-5-1-2-8-21-13/h1-6,8,10,16H,7,9,11H2. The minimum atomic E-state index is -4.74. The first kappa shape index (κ1) is 17.6. The molecule has 1 saturated heterocycles. The summed E-state index contributed by atoms with van der Waals surface area (Å²) >= 11 is 1.39. The van der Waals surface area contributed by atoms with E-state index in [2.05, 4.69) is 9.72 Å². The van der Waals surface area contributed by atoms with Crippen LogP contribution in [0.25, 0.3) is 0 Å². The molecular formula is C17H15F3N2O2S. The van der Waals surface area contributed by atoms with Crippen molar-refractivity contribution >= 4 is 17.7 Å². The predicted octanol–water partition coefficient (Wildman–Crippen LogP) is 3.80. The number of aromatic nitrogens is 1. The molecule has 1 fully saturated rings. The zero-order chi connectivity index (χ0) is 17.9. The summed E-state index contributed by atoms with van der Waals surface area (Å²) in [6.07, 6.45) is -2.47. The number of carbonyl (C=O) groups excluding carboxylic acids is 1.